The van der Waals surface area contributed by atoms with Crippen LogP contribution in [0.2, 0.25) is 25.7 Å². The lowest BCUT2D eigenvalue weighted by molar-refractivity contribution is -0.133. The third kappa shape index (κ3) is 7.84. The smallest absolute Gasteiger partial charge is 0.225 e. The maximum atomic E-state index is 11.0. The Labute approximate surface area is 99.5 Å². The quantitative estimate of drug-likeness (QED) is 0.404. The monoisotopic (exact) mass is 247 g/mol. The van der Waals surface area contributed by atoms with E-state index in [-0.39, 0.29) is 12.7 Å². The summed E-state index contributed by atoms with van der Waals surface area (Å²) in [6.07, 6.45) is 0. The molecule has 16 heavy (non-hydrogen) atoms. The van der Waals surface area contributed by atoms with Crippen LogP contribution in [0.5, 0.6) is 0 Å². The largest absolute Gasteiger partial charge is 0.369 e. The Kier molecular flexibility index (Phi) is 6.21. The normalized spacial score (nSPS) is 12.8. The molecular formula is C11H25NO3Si. The molecular weight excluding hydrogens is 222 g/mol. The Morgan fingerprint density at radius 2 is 1.81 bits per heavy atom. The van der Waals surface area contributed by atoms with Crippen LogP contribution in [-0.4, -0.2) is 34.0 Å². The predicted molar refractivity (Wildman–Crippen MR) is 67.9 cm³/mol. The van der Waals surface area contributed by atoms with Crippen LogP contribution in [0.15, 0.2) is 0 Å². The minimum absolute atomic E-state index is 0.237. The summed E-state index contributed by atoms with van der Waals surface area (Å²) in [6, 6.07) is 1.12. The molecule has 96 valence electrons. The first kappa shape index (κ1) is 15.6. The van der Waals surface area contributed by atoms with Gasteiger partial charge in [0, 0.05) is 14.7 Å². The summed E-state index contributed by atoms with van der Waals surface area (Å²) in [4.78, 5) is 11.0. The topological polar surface area (TPSA) is 61.6 Å². The second-order valence-corrected chi connectivity index (χ2v) is 11.6. The summed E-state index contributed by atoms with van der Waals surface area (Å²) in [7, 11) is -1.03. The first-order valence-electron chi connectivity index (χ1n) is 5.60. The van der Waals surface area contributed by atoms with Gasteiger partial charge in [0.25, 0.3) is 0 Å². The molecule has 0 rings (SSSR count). The summed E-state index contributed by atoms with van der Waals surface area (Å²) in [5.74, 6) is -0.352. The van der Waals surface area contributed by atoms with E-state index in [4.69, 9.17) is 15.2 Å². The maximum absolute atomic E-state index is 11.0. The molecule has 5 heteroatoms. The Hall–Kier alpha value is -0.393. The standard InChI is InChI=1S/C11H25NO3Si/c1-11(2,10(12)13)8-15-9-14-6-7-16(3,4)5/h6-9H2,1-5H3,(H2,12,13). The lowest BCUT2D eigenvalue weighted by Crippen LogP contribution is -2.36. The van der Waals surface area contributed by atoms with Crippen molar-refractivity contribution in [3.63, 3.8) is 0 Å². The van der Waals surface area contributed by atoms with Gasteiger partial charge < -0.3 is 15.2 Å². The molecule has 0 aromatic heterocycles. The van der Waals surface area contributed by atoms with E-state index in [9.17, 15) is 4.79 Å². The van der Waals surface area contributed by atoms with Crippen LogP contribution >= 0.6 is 0 Å². The molecule has 0 spiro atoms. The van der Waals surface area contributed by atoms with Crippen LogP contribution in [0.3, 0.4) is 0 Å². The Bertz CT molecular complexity index is 224. The molecule has 0 bridgehead atoms. The van der Waals surface area contributed by atoms with Gasteiger partial charge in [-0.1, -0.05) is 19.6 Å². The minimum atomic E-state index is -1.03. The van der Waals surface area contributed by atoms with Crippen molar-refractivity contribution in [1.82, 2.24) is 0 Å². The average molecular weight is 247 g/mol. The molecule has 0 saturated carbocycles. The van der Waals surface area contributed by atoms with Crippen molar-refractivity contribution in [2.24, 2.45) is 11.1 Å². The fraction of sp³-hybridized carbons (Fsp3) is 0.909. The summed E-state index contributed by atoms with van der Waals surface area (Å²) < 4.78 is 10.6. The van der Waals surface area contributed by atoms with Gasteiger partial charge in [0.2, 0.25) is 5.91 Å². The molecule has 0 saturated heterocycles. The number of primary amides is 1. The van der Waals surface area contributed by atoms with E-state index in [1.165, 1.54) is 0 Å². The number of hydrogen-bond acceptors (Lipinski definition) is 3. The molecule has 0 aromatic carbocycles. The van der Waals surface area contributed by atoms with E-state index < -0.39 is 13.5 Å². The zero-order chi connectivity index (χ0) is 12.8. The summed E-state index contributed by atoms with van der Waals surface area (Å²) >= 11 is 0. The SMILES string of the molecule is CC(C)(COCOCC[Si](C)(C)C)C(N)=O. The first-order chi connectivity index (χ1) is 7.15. The van der Waals surface area contributed by atoms with E-state index in [1.54, 1.807) is 13.8 Å². The van der Waals surface area contributed by atoms with Gasteiger partial charge in [-0.3, -0.25) is 4.79 Å². The van der Waals surface area contributed by atoms with Gasteiger partial charge in [0.05, 0.1) is 12.0 Å². The molecule has 0 unspecified atom stereocenters. The van der Waals surface area contributed by atoms with E-state index in [1.807, 2.05) is 0 Å². The van der Waals surface area contributed by atoms with Gasteiger partial charge in [-0.25, -0.2) is 0 Å². The summed E-state index contributed by atoms with van der Waals surface area (Å²) in [6.45, 7) is 11.7. The molecule has 0 aliphatic heterocycles. The number of hydrogen-bond donors (Lipinski definition) is 1. The van der Waals surface area contributed by atoms with Gasteiger partial charge in [0.1, 0.15) is 6.79 Å². The zero-order valence-corrected chi connectivity index (χ0v) is 12.1. The highest BCUT2D eigenvalue weighted by atomic mass is 28.3. The van der Waals surface area contributed by atoms with Crippen molar-refractivity contribution in [3.8, 4) is 0 Å². The number of carbonyl (C=O) groups is 1. The van der Waals surface area contributed by atoms with Crippen LogP contribution in [0.25, 0.3) is 0 Å². The van der Waals surface area contributed by atoms with Gasteiger partial charge >= 0.3 is 0 Å². The van der Waals surface area contributed by atoms with Gasteiger partial charge in [0.15, 0.2) is 0 Å². The average Bonchev–Trinajstić information content (AvgIpc) is 2.09. The molecule has 0 aromatic rings. The molecule has 2 N–H and O–H groups in total. The van der Waals surface area contributed by atoms with Crippen LogP contribution in [-0.2, 0) is 14.3 Å². The molecule has 0 atom stereocenters. The summed E-state index contributed by atoms with van der Waals surface area (Å²) in [5.41, 5.74) is 4.59. The highest BCUT2D eigenvalue weighted by Gasteiger charge is 2.25. The highest BCUT2D eigenvalue weighted by Crippen LogP contribution is 2.14. The Balaban J connectivity index is 3.52. The van der Waals surface area contributed by atoms with E-state index >= 15 is 0 Å². The van der Waals surface area contributed by atoms with Crippen LogP contribution < -0.4 is 5.73 Å². The van der Waals surface area contributed by atoms with Crippen molar-refractivity contribution >= 4 is 14.0 Å². The van der Waals surface area contributed by atoms with E-state index in [0.717, 1.165) is 12.7 Å². The van der Waals surface area contributed by atoms with Gasteiger partial charge in [-0.15, -0.1) is 0 Å². The lowest BCUT2D eigenvalue weighted by Gasteiger charge is -2.20. The molecule has 4 nitrogen and oxygen atoms in total. The molecule has 0 radical (unpaired) electrons. The van der Waals surface area contributed by atoms with Crippen molar-refractivity contribution in [3.05, 3.63) is 0 Å². The van der Waals surface area contributed by atoms with Gasteiger partial charge in [-0.2, -0.15) is 0 Å². The lowest BCUT2D eigenvalue weighted by atomic mass is 9.94. The molecule has 0 fully saturated rings. The predicted octanol–water partition coefficient (Wildman–Crippen LogP) is 1.83. The van der Waals surface area contributed by atoms with Crippen molar-refractivity contribution < 1.29 is 14.3 Å². The molecule has 1 amide bonds. The third-order valence-electron chi connectivity index (χ3n) is 2.29. The Morgan fingerprint density at radius 3 is 2.25 bits per heavy atom. The van der Waals surface area contributed by atoms with Crippen LogP contribution in [0.4, 0.5) is 0 Å². The number of ether oxygens (including phenoxy) is 2. The molecule has 0 aliphatic carbocycles. The van der Waals surface area contributed by atoms with Crippen LogP contribution in [0.1, 0.15) is 13.8 Å². The second kappa shape index (κ2) is 6.37. The molecule has 0 heterocycles. The highest BCUT2D eigenvalue weighted by molar-refractivity contribution is 6.76. The van der Waals surface area contributed by atoms with Crippen LogP contribution in [0, 0.1) is 5.41 Å². The number of rotatable bonds is 8. The third-order valence-corrected chi connectivity index (χ3v) is 4.00. The minimum Gasteiger partial charge on any atom is -0.369 e. The zero-order valence-electron chi connectivity index (χ0n) is 11.1. The summed E-state index contributed by atoms with van der Waals surface area (Å²) in [5, 5.41) is 0. The first-order valence-corrected chi connectivity index (χ1v) is 9.31. The van der Waals surface area contributed by atoms with Crippen molar-refractivity contribution in [1.29, 1.82) is 0 Å². The van der Waals surface area contributed by atoms with Gasteiger partial charge in [-0.05, 0) is 19.9 Å². The Morgan fingerprint density at radius 1 is 1.25 bits per heavy atom. The van der Waals surface area contributed by atoms with Crippen molar-refractivity contribution in [2.45, 2.75) is 39.5 Å². The van der Waals surface area contributed by atoms with E-state index in [2.05, 4.69) is 19.6 Å². The molecule has 0 aliphatic rings. The fourth-order valence-corrected chi connectivity index (χ4v) is 1.62. The van der Waals surface area contributed by atoms with E-state index in [0.29, 0.717) is 6.61 Å². The number of carbonyl (C=O) groups excluding carboxylic acids is 1. The second-order valence-electron chi connectivity index (χ2n) is 5.93. The number of amides is 1. The number of nitrogens with two attached hydrogens (primary N) is 1. The maximum Gasteiger partial charge on any atom is 0.225 e. The van der Waals surface area contributed by atoms with Crippen molar-refractivity contribution in [2.75, 3.05) is 20.0 Å². The fourth-order valence-electron chi connectivity index (χ4n) is 0.864.